The van der Waals surface area contributed by atoms with Crippen molar-refractivity contribution in [3.63, 3.8) is 0 Å². The first-order chi connectivity index (χ1) is 13.5. The summed E-state index contributed by atoms with van der Waals surface area (Å²) in [5.74, 6) is -0.307. The van der Waals surface area contributed by atoms with Gasteiger partial charge in [0.25, 0.3) is 5.91 Å². The standard InChI is InChI=1S/C20H22FN5O2/c1-24(2)20(28)26-11-14-10-25(19(27)17-9-22-6-7-23-17)12-16(14)18(26)13-4-3-5-15(21)8-13/h3-9,14,16,18H,10-12H2,1-2H3/t14-,16-,18-/m1/s1. The molecule has 146 valence electrons. The predicted octanol–water partition coefficient (Wildman–Crippen LogP) is 2.04. The monoisotopic (exact) mass is 383 g/mol. The Balaban J connectivity index is 1.62. The van der Waals surface area contributed by atoms with Gasteiger partial charge in [0, 0.05) is 58.0 Å². The summed E-state index contributed by atoms with van der Waals surface area (Å²) >= 11 is 0. The number of hydrogen-bond acceptors (Lipinski definition) is 4. The molecule has 0 radical (unpaired) electrons. The van der Waals surface area contributed by atoms with Crippen LogP contribution < -0.4 is 0 Å². The molecule has 2 aliphatic heterocycles. The largest absolute Gasteiger partial charge is 0.337 e. The Labute approximate surface area is 162 Å². The molecule has 2 saturated heterocycles. The van der Waals surface area contributed by atoms with Gasteiger partial charge < -0.3 is 14.7 Å². The van der Waals surface area contributed by atoms with Crippen molar-refractivity contribution < 1.29 is 14.0 Å². The van der Waals surface area contributed by atoms with Crippen LogP contribution in [0.5, 0.6) is 0 Å². The van der Waals surface area contributed by atoms with Gasteiger partial charge in [-0.05, 0) is 17.7 Å². The molecule has 3 atom stereocenters. The van der Waals surface area contributed by atoms with Gasteiger partial charge in [-0.1, -0.05) is 12.1 Å². The third kappa shape index (κ3) is 3.19. The van der Waals surface area contributed by atoms with E-state index in [4.69, 9.17) is 0 Å². The van der Waals surface area contributed by atoms with Gasteiger partial charge in [-0.3, -0.25) is 9.78 Å². The zero-order chi connectivity index (χ0) is 19.8. The van der Waals surface area contributed by atoms with E-state index in [1.807, 2.05) is 6.07 Å². The minimum absolute atomic E-state index is 0.0475. The van der Waals surface area contributed by atoms with E-state index in [2.05, 4.69) is 9.97 Å². The Morgan fingerprint density at radius 2 is 2.00 bits per heavy atom. The second-order valence-corrected chi connectivity index (χ2v) is 7.55. The van der Waals surface area contributed by atoms with Crippen LogP contribution in [-0.4, -0.2) is 70.3 Å². The van der Waals surface area contributed by atoms with Crippen LogP contribution in [0.15, 0.2) is 42.9 Å². The van der Waals surface area contributed by atoms with Gasteiger partial charge in [0.2, 0.25) is 0 Å². The number of likely N-dealkylation sites (tertiary alicyclic amines) is 2. The van der Waals surface area contributed by atoms with Crippen LogP contribution in [0.25, 0.3) is 0 Å². The van der Waals surface area contributed by atoms with Crippen LogP contribution >= 0.6 is 0 Å². The molecule has 0 spiro atoms. The van der Waals surface area contributed by atoms with Crippen molar-refractivity contribution in [2.75, 3.05) is 33.7 Å². The van der Waals surface area contributed by atoms with Gasteiger partial charge in [0.15, 0.2) is 0 Å². The number of hydrogen-bond donors (Lipinski definition) is 0. The summed E-state index contributed by atoms with van der Waals surface area (Å²) in [6.07, 6.45) is 4.49. The molecule has 28 heavy (non-hydrogen) atoms. The Hall–Kier alpha value is -3.03. The molecule has 0 N–H and O–H groups in total. The highest BCUT2D eigenvalue weighted by molar-refractivity contribution is 5.92. The maximum Gasteiger partial charge on any atom is 0.320 e. The first kappa shape index (κ1) is 18.3. The Kier molecular flexibility index (Phi) is 4.70. The molecule has 0 saturated carbocycles. The number of rotatable bonds is 2. The first-order valence-corrected chi connectivity index (χ1v) is 9.24. The smallest absolute Gasteiger partial charge is 0.320 e. The topological polar surface area (TPSA) is 69.6 Å². The Morgan fingerprint density at radius 1 is 1.18 bits per heavy atom. The number of halogens is 1. The predicted molar refractivity (Wildman–Crippen MR) is 99.8 cm³/mol. The average Bonchev–Trinajstić information content (AvgIpc) is 3.25. The molecular formula is C20H22FN5O2. The number of carbonyl (C=O) groups excluding carboxylic acids is 2. The molecule has 2 aromatic rings. The van der Waals surface area contributed by atoms with Crippen LogP contribution in [0.1, 0.15) is 22.1 Å². The third-order valence-electron chi connectivity index (χ3n) is 5.55. The van der Waals surface area contributed by atoms with E-state index < -0.39 is 0 Å². The number of carbonyl (C=O) groups is 2. The molecule has 3 amide bonds. The molecule has 3 heterocycles. The van der Waals surface area contributed by atoms with E-state index >= 15 is 0 Å². The highest BCUT2D eigenvalue weighted by Crippen LogP contribution is 2.45. The van der Waals surface area contributed by atoms with Crippen molar-refractivity contribution >= 4 is 11.9 Å². The SMILES string of the molecule is CN(C)C(=O)N1C[C@H]2CN(C(=O)c3cnccn3)C[C@H]2[C@H]1c1cccc(F)c1. The van der Waals surface area contributed by atoms with E-state index in [-0.39, 0.29) is 35.6 Å². The van der Waals surface area contributed by atoms with Crippen molar-refractivity contribution in [2.45, 2.75) is 6.04 Å². The van der Waals surface area contributed by atoms with Gasteiger partial charge in [0.1, 0.15) is 11.5 Å². The van der Waals surface area contributed by atoms with Gasteiger partial charge >= 0.3 is 6.03 Å². The minimum atomic E-state index is -0.330. The summed E-state index contributed by atoms with van der Waals surface area (Å²) in [6.45, 7) is 1.58. The Bertz CT molecular complexity index is 891. The summed E-state index contributed by atoms with van der Waals surface area (Å²) in [7, 11) is 3.42. The fourth-order valence-electron chi connectivity index (χ4n) is 4.35. The Morgan fingerprint density at radius 3 is 2.68 bits per heavy atom. The van der Waals surface area contributed by atoms with Crippen LogP contribution in [0.2, 0.25) is 0 Å². The lowest BCUT2D eigenvalue weighted by atomic mass is 9.89. The minimum Gasteiger partial charge on any atom is -0.337 e. The number of aromatic nitrogens is 2. The lowest BCUT2D eigenvalue weighted by molar-refractivity contribution is 0.0760. The van der Waals surface area contributed by atoms with E-state index in [0.29, 0.717) is 25.3 Å². The second kappa shape index (κ2) is 7.18. The summed E-state index contributed by atoms with van der Waals surface area (Å²) in [5, 5.41) is 0. The highest BCUT2D eigenvalue weighted by atomic mass is 19.1. The van der Waals surface area contributed by atoms with Crippen molar-refractivity contribution in [2.24, 2.45) is 11.8 Å². The zero-order valence-corrected chi connectivity index (χ0v) is 15.8. The molecule has 8 heteroatoms. The van der Waals surface area contributed by atoms with E-state index in [1.165, 1.54) is 35.6 Å². The van der Waals surface area contributed by atoms with E-state index in [1.54, 1.807) is 30.0 Å². The van der Waals surface area contributed by atoms with Crippen LogP contribution in [0.4, 0.5) is 9.18 Å². The molecule has 1 aromatic heterocycles. The molecular weight excluding hydrogens is 361 g/mol. The van der Waals surface area contributed by atoms with Gasteiger partial charge in [0.05, 0.1) is 12.2 Å². The molecule has 0 unspecified atom stereocenters. The summed E-state index contributed by atoms with van der Waals surface area (Å²) < 4.78 is 13.9. The molecule has 0 aliphatic carbocycles. The molecule has 1 aromatic carbocycles. The van der Waals surface area contributed by atoms with E-state index in [0.717, 1.165) is 5.56 Å². The number of fused-ring (bicyclic) bond motifs is 1. The summed E-state index contributed by atoms with van der Waals surface area (Å²) in [6, 6.07) is 6.01. The van der Waals surface area contributed by atoms with Crippen LogP contribution in [0, 0.1) is 17.7 Å². The quantitative estimate of drug-likeness (QED) is 0.796. The lowest BCUT2D eigenvalue weighted by Gasteiger charge is -2.31. The molecule has 2 aliphatic rings. The summed E-state index contributed by atoms with van der Waals surface area (Å²) in [5.41, 5.74) is 1.07. The maximum atomic E-state index is 13.9. The van der Waals surface area contributed by atoms with Gasteiger partial charge in [-0.15, -0.1) is 0 Å². The maximum absolute atomic E-state index is 13.9. The fourth-order valence-corrected chi connectivity index (χ4v) is 4.35. The van der Waals surface area contributed by atoms with Gasteiger partial charge in [-0.25, -0.2) is 14.2 Å². The van der Waals surface area contributed by atoms with Gasteiger partial charge in [-0.2, -0.15) is 0 Å². The van der Waals surface area contributed by atoms with E-state index in [9.17, 15) is 14.0 Å². The normalized spacial score (nSPS) is 23.6. The number of amides is 3. The second-order valence-electron chi connectivity index (χ2n) is 7.55. The number of urea groups is 1. The zero-order valence-electron chi connectivity index (χ0n) is 15.8. The highest BCUT2D eigenvalue weighted by Gasteiger charge is 2.50. The number of nitrogens with zero attached hydrogens (tertiary/aromatic N) is 5. The number of benzene rings is 1. The lowest BCUT2D eigenvalue weighted by Crippen LogP contribution is -2.42. The van der Waals surface area contributed by atoms with Crippen molar-refractivity contribution in [3.8, 4) is 0 Å². The fraction of sp³-hybridized carbons (Fsp3) is 0.400. The van der Waals surface area contributed by atoms with Crippen LogP contribution in [0.3, 0.4) is 0 Å². The first-order valence-electron chi connectivity index (χ1n) is 9.24. The molecule has 2 fully saturated rings. The van der Waals surface area contributed by atoms with Crippen molar-refractivity contribution in [1.82, 2.24) is 24.7 Å². The average molecular weight is 383 g/mol. The van der Waals surface area contributed by atoms with Crippen molar-refractivity contribution in [1.29, 1.82) is 0 Å². The molecule has 0 bridgehead atoms. The molecule has 4 rings (SSSR count). The van der Waals surface area contributed by atoms with Crippen LogP contribution in [-0.2, 0) is 0 Å². The molecule has 7 nitrogen and oxygen atoms in total. The third-order valence-corrected chi connectivity index (χ3v) is 5.55. The van der Waals surface area contributed by atoms with Crippen molar-refractivity contribution in [3.05, 3.63) is 59.9 Å². The summed E-state index contributed by atoms with van der Waals surface area (Å²) in [4.78, 5) is 38.7.